The first-order valence-corrected chi connectivity index (χ1v) is 4.16. The second kappa shape index (κ2) is 2.72. The molecule has 4 heteroatoms. The number of hydrogen-bond acceptors (Lipinski definition) is 3. The maximum absolute atomic E-state index is 4.12. The van der Waals surface area contributed by atoms with Crippen LogP contribution in [0.3, 0.4) is 0 Å². The molecular formula is C4H5IN2S. The van der Waals surface area contributed by atoms with Crippen molar-refractivity contribution in [2.24, 2.45) is 0 Å². The third-order valence-corrected chi connectivity index (χ3v) is 2.14. The zero-order valence-electron chi connectivity index (χ0n) is 4.39. The van der Waals surface area contributed by atoms with Crippen LogP contribution in [0, 0.1) is 3.01 Å². The fourth-order valence-corrected chi connectivity index (χ4v) is 1.45. The Balaban J connectivity index is 2.84. The highest BCUT2D eigenvalue weighted by molar-refractivity contribution is 14.1. The summed E-state index contributed by atoms with van der Waals surface area (Å²) in [5.41, 5.74) is 0. The van der Waals surface area contributed by atoms with Crippen LogP contribution in [0.5, 0.6) is 0 Å². The standard InChI is InChI=1S/C4H5IN2S/c1-2-3-6-4(5)8-7-3/h2H2,1H3. The van der Waals surface area contributed by atoms with E-state index in [1.165, 1.54) is 11.5 Å². The third-order valence-electron chi connectivity index (χ3n) is 0.760. The quantitative estimate of drug-likeness (QED) is 0.698. The van der Waals surface area contributed by atoms with Crippen molar-refractivity contribution < 1.29 is 0 Å². The molecule has 0 saturated carbocycles. The van der Waals surface area contributed by atoms with Gasteiger partial charge in [0.15, 0.2) is 3.01 Å². The predicted molar refractivity (Wildman–Crippen MR) is 42.0 cm³/mol. The highest BCUT2D eigenvalue weighted by Crippen LogP contribution is 2.06. The third kappa shape index (κ3) is 1.38. The van der Waals surface area contributed by atoms with E-state index in [0.717, 1.165) is 15.3 Å². The Morgan fingerprint density at radius 3 is 2.75 bits per heavy atom. The lowest BCUT2D eigenvalue weighted by Gasteiger charge is -1.76. The minimum Gasteiger partial charge on any atom is -0.213 e. The van der Waals surface area contributed by atoms with E-state index in [1.54, 1.807) is 0 Å². The van der Waals surface area contributed by atoms with Gasteiger partial charge < -0.3 is 0 Å². The number of halogens is 1. The number of rotatable bonds is 1. The lowest BCUT2D eigenvalue weighted by molar-refractivity contribution is 0.993. The molecule has 8 heavy (non-hydrogen) atoms. The van der Waals surface area contributed by atoms with Crippen molar-refractivity contribution in [1.29, 1.82) is 0 Å². The van der Waals surface area contributed by atoms with Crippen molar-refractivity contribution in [2.45, 2.75) is 13.3 Å². The largest absolute Gasteiger partial charge is 0.213 e. The second-order valence-corrected chi connectivity index (χ2v) is 3.82. The molecule has 0 unspecified atom stereocenters. The van der Waals surface area contributed by atoms with E-state index in [-0.39, 0.29) is 0 Å². The Labute approximate surface area is 65.6 Å². The van der Waals surface area contributed by atoms with E-state index in [2.05, 4.69) is 38.9 Å². The van der Waals surface area contributed by atoms with Crippen LogP contribution in [0.1, 0.15) is 12.7 Å². The summed E-state index contributed by atoms with van der Waals surface area (Å²) in [6.07, 6.45) is 0.944. The van der Waals surface area contributed by atoms with E-state index >= 15 is 0 Å². The summed E-state index contributed by atoms with van der Waals surface area (Å²) in [5.74, 6) is 0.958. The van der Waals surface area contributed by atoms with E-state index in [1.807, 2.05) is 0 Å². The zero-order chi connectivity index (χ0) is 5.98. The number of nitrogens with zero attached hydrogens (tertiary/aromatic N) is 2. The van der Waals surface area contributed by atoms with Gasteiger partial charge in [0.2, 0.25) is 0 Å². The van der Waals surface area contributed by atoms with E-state index < -0.39 is 0 Å². The SMILES string of the molecule is CCc1nsc(I)n1. The summed E-state index contributed by atoms with van der Waals surface area (Å²) in [4.78, 5) is 4.12. The topological polar surface area (TPSA) is 25.8 Å². The van der Waals surface area contributed by atoms with Crippen LogP contribution in [0.2, 0.25) is 0 Å². The van der Waals surface area contributed by atoms with Gasteiger partial charge in [-0.05, 0) is 34.1 Å². The van der Waals surface area contributed by atoms with Crippen LogP contribution in [-0.2, 0) is 6.42 Å². The first-order chi connectivity index (χ1) is 3.83. The van der Waals surface area contributed by atoms with Crippen molar-refractivity contribution in [3.63, 3.8) is 0 Å². The van der Waals surface area contributed by atoms with Crippen LogP contribution >= 0.6 is 34.1 Å². The molecule has 0 amide bonds. The molecule has 1 aromatic rings. The van der Waals surface area contributed by atoms with Crippen molar-refractivity contribution >= 4 is 34.1 Å². The minimum absolute atomic E-state index is 0.944. The molecule has 0 aromatic carbocycles. The number of aryl methyl sites for hydroxylation is 1. The summed E-state index contributed by atoms with van der Waals surface area (Å²) >= 11 is 3.62. The summed E-state index contributed by atoms with van der Waals surface area (Å²) in [7, 11) is 0. The predicted octanol–water partition coefficient (Wildman–Crippen LogP) is 1.71. The highest BCUT2D eigenvalue weighted by Gasteiger charge is 1.94. The Kier molecular flexibility index (Phi) is 2.18. The molecule has 0 fully saturated rings. The molecule has 2 nitrogen and oxygen atoms in total. The fourth-order valence-electron chi connectivity index (χ4n) is 0.376. The molecule has 0 aliphatic heterocycles. The van der Waals surface area contributed by atoms with Crippen molar-refractivity contribution in [3.8, 4) is 0 Å². The van der Waals surface area contributed by atoms with Crippen LogP contribution in [0.4, 0.5) is 0 Å². The Bertz CT molecular complexity index is 174. The molecule has 0 spiro atoms. The second-order valence-electron chi connectivity index (χ2n) is 1.32. The van der Waals surface area contributed by atoms with Crippen molar-refractivity contribution in [1.82, 2.24) is 9.36 Å². The van der Waals surface area contributed by atoms with Crippen LogP contribution in [-0.4, -0.2) is 9.36 Å². The maximum atomic E-state index is 4.12. The molecule has 1 heterocycles. The lowest BCUT2D eigenvalue weighted by atomic mass is 10.5. The minimum atomic E-state index is 0.944. The Hall–Kier alpha value is 0.290. The van der Waals surface area contributed by atoms with Gasteiger partial charge in [-0.2, -0.15) is 4.37 Å². The van der Waals surface area contributed by atoms with Crippen LogP contribution in [0.25, 0.3) is 0 Å². The molecule has 1 aromatic heterocycles. The maximum Gasteiger partial charge on any atom is 0.173 e. The van der Waals surface area contributed by atoms with Gasteiger partial charge in [-0.3, -0.25) is 0 Å². The lowest BCUT2D eigenvalue weighted by Crippen LogP contribution is -1.80. The van der Waals surface area contributed by atoms with Gasteiger partial charge in [0, 0.05) is 6.42 Å². The molecule has 0 aliphatic carbocycles. The van der Waals surface area contributed by atoms with Gasteiger partial charge in [0.25, 0.3) is 0 Å². The molecular weight excluding hydrogens is 235 g/mol. The smallest absolute Gasteiger partial charge is 0.173 e. The van der Waals surface area contributed by atoms with Gasteiger partial charge in [0.1, 0.15) is 5.82 Å². The first-order valence-electron chi connectivity index (χ1n) is 2.31. The zero-order valence-corrected chi connectivity index (χ0v) is 7.36. The molecule has 0 radical (unpaired) electrons. The van der Waals surface area contributed by atoms with Gasteiger partial charge >= 0.3 is 0 Å². The average molecular weight is 240 g/mol. The first kappa shape index (κ1) is 6.41. The van der Waals surface area contributed by atoms with Crippen LogP contribution < -0.4 is 0 Å². The van der Waals surface area contributed by atoms with Gasteiger partial charge in [0.05, 0.1) is 0 Å². The summed E-state index contributed by atoms with van der Waals surface area (Å²) < 4.78 is 5.08. The van der Waals surface area contributed by atoms with E-state index in [4.69, 9.17) is 0 Å². The number of hydrogen-bond donors (Lipinski definition) is 0. The van der Waals surface area contributed by atoms with Crippen molar-refractivity contribution in [2.75, 3.05) is 0 Å². The summed E-state index contributed by atoms with van der Waals surface area (Å²) in [6.45, 7) is 2.05. The highest BCUT2D eigenvalue weighted by atomic mass is 127. The van der Waals surface area contributed by atoms with E-state index in [9.17, 15) is 0 Å². The molecule has 0 saturated heterocycles. The summed E-state index contributed by atoms with van der Waals surface area (Å²) in [6, 6.07) is 0. The van der Waals surface area contributed by atoms with Crippen LogP contribution in [0.15, 0.2) is 0 Å². The molecule has 0 atom stereocenters. The Morgan fingerprint density at radius 1 is 1.75 bits per heavy atom. The fraction of sp³-hybridized carbons (Fsp3) is 0.500. The summed E-state index contributed by atoms with van der Waals surface area (Å²) in [5, 5.41) is 0. The molecule has 1 rings (SSSR count). The number of aromatic nitrogens is 2. The molecule has 0 bridgehead atoms. The molecule has 0 aliphatic rings. The normalized spacial score (nSPS) is 9.75. The Morgan fingerprint density at radius 2 is 2.50 bits per heavy atom. The van der Waals surface area contributed by atoms with Crippen molar-refractivity contribution in [3.05, 3.63) is 8.84 Å². The average Bonchev–Trinajstić information content (AvgIpc) is 2.14. The van der Waals surface area contributed by atoms with Gasteiger partial charge in [-0.1, -0.05) is 6.92 Å². The van der Waals surface area contributed by atoms with E-state index in [0.29, 0.717) is 0 Å². The monoisotopic (exact) mass is 240 g/mol. The van der Waals surface area contributed by atoms with Gasteiger partial charge in [-0.25, -0.2) is 4.98 Å². The molecule has 0 N–H and O–H groups in total. The van der Waals surface area contributed by atoms with Gasteiger partial charge in [-0.15, -0.1) is 0 Å². The molecule has 44 valence electrons.